The molecular weight excluding hydrogens is 474 g/mol. The number of aryl methyl sites for hydroxylation is 1. The van der Waals surface area contributed by atoms with Crippen molar-refractivity contribution >= 4 is 56.8 Å². The van der Waals surface area contributed by atoms with E-state index in [4.69, 9.17) is 11.6 Å². The molecule has 2 atom stereocenters. The van der Waals surface area contributed by atoms with Crippen LogP contribution < -0.4 is 4.90 Å². The van der Waals surface area contributed by atoms with E-state index in [1.54, 1.807) is 42.3 Å². The van der Waals surface area contributed by atoms with Crippen molar-refractivity contribution in [3.63, 3.8) is 0 Å². The summed E-state index contributed by atoms with van der Waals surface area (Å²) in [5.41, 5.74) is 1.98. The van der Waals surface area contributed by atoms with Crippen molar-refractivity contribution in [1.82, 2.24) is 19.7 Å². The monoisotopic (exact) mass is 489 g/mol. The van der Waals surface area contributed by atoms with E-state index in [0.29, 0.717) is 37.6 Å². The molecule has 11 heteroatoms. The summed E-state index contributed by atoms with van der Waals surface area (Å²) in [5, 5.41) is 23.5. The summed E-state index contributed by atoms with van der Waals surface area (Å²) in [6.07, 6.45) is 6.66. The van der Waals surface area contributed by atoms with Gasteiger partial charge in [0.05, 0.1) is 53.8 Å². The molecule has 1 saturated heterocycles. The molecule has 0 radical (unpaired) electrons. The Hall–Kier alpha value is -3.86. The van der Waals surface area contributed by atoms with Gasteiger partial charge in [-0.2, -0.15) is 15.6 Å². The zero-order valence-corrected chi connectivity index (χ0v) is 19.4. The van der Waals surface area contributed by atoms with E-state index in [-0.39, 0.29) is 18.9 Å². The molecule has 2 aliphatic rings. The minimum Gasteiger partial charge on any atom is -0.315 e. The summed E-state index contributed by atoms with van der Waals surface area (Å²) in [6.45, 7) is 0.158. The second kappa shape index (κ2) is 8.49. The van der Waals surface area contributed by atoms with Gasteiger partial charge in [0, 0.05) is 40.7 Å². The Morgan fingerprint density at radius 2 is 2.03 bits per heavy atom. The van der Waals surface area contributed by atoms with Crippen molar-refractivity contribution in [3.05, 3.63) is 59.0 Å². The Balaban J connectivity index is 1.60. The highest BCUT2D eigenvalue weighted by Gasteiger charge is 2.50. The number of imide groups is 1. The number of benzene rings is 1. The summed E-state index contributed by atoms with van der Waals surface area (Å²) in [4.78, 5) is 34.9. The normalized spacial score (nSPS) is 19.7. The number of hydrogen-bond donors (Lipinski definition) is 0. The highest BCUT2D eigenvalue weighted by Crippen LogP contribution is 2.46. The fourth-order valence-electron chi connectivity index (χ4n) is 4.31. The van der Waals surface area contributed by atoms with Crippen molar-refractivity contribution in [2.45, 2.75) is 17.7 Å². The fourth-order valence-corrected chi connectivity index (χ4v) is 5.85. The van der Waals surface area contributed by atoms with E-state index < -0.39 is 17.3 Å². The second-order valence-corrected chi connectivity index (χ2v) is 9.40. The zero-order valence-electron chi connectivity index (χ0n) is 17.8. The van der Waals surface area contributed by atoms with Crippen LogP contribution in [0.4, 0.5) is 10.5 Å². The van der Waals surface area contributed by atoms with E-state index in [0.717, 1.165) is 4.90 Å². The quantitative estimate of drug-likeness (QED) is 0.548. The lowest BCUT2D eigenvalue weighted by atomic mass is 10.0. The number of nitriles is 2. The van der Waals surface area contributed by atoms with Crippen LogP contribution in [0.25, 0.3) is 15.8 Å². The van der Waals surface area contributed by atoms with Gasteiger partial charge in [0.25, 0.3) is 5.91 Å². The number of anilines is 1. The molecule has 2 unspecified atom stereocenters. The van der Waals surface area contributed by atoms with Crippen molar-refractivity contribution in [1.29, 1.82) is 10.5 Å². The van der Waals surface area contributed by atoms with Gasteiger partial charge in [-0.3, -0.25) is 14.5 Å². The van der Waals surface area contributed by atoms with Gasteiger partial charge in [0.1, 0.15) is 5.25 Å². The van der Waals surface area contributed by atoms with Crippen molar-refractivity contribution < 1.29 is 9.59 Å². The zero-order chi connectivity index (χ0) is 24.0. The Labute approximate surface area is 203 Å². The first-order valence-corrected chi connectivity index (χ1v) is 11.6. The van der Waals surface area contributed by atoms with Crippen LogP contribution in [0.1, 0.15) is 17.5 Å². The number of thioether (sulfide) groups is 1. The summed E-state index contributed by atoms with van der Waals surface area (Å²) < 4.78 is 1.59. The molecule has 0 bridgehead atoms. The van der Waals surface area contributed by atoms with Crippen LogP contribution in [0.2, 0.25) is 5.02 Å². The lowest BCUT2D eigenvalue weighted by Crippen LogP contribution is -2.62. The fraction of sp³-hybridized carbons (Fsp3) is 0.217. The van der Waals surface area contributed by atoms with Crippen molar-refractivity contribution in [2.75, 3.05) is 11.4 Å². The largest absolute Gasteiger partial charge is 0.332 e. The predicted octanol–water partition coefficient (Wildman–Crippen LogP) is 3.70. The van der Waals surface area contributed by atoms with E-state index in [1.807, 2.05) is 6.08 Å². The van der Waals surface area contributed by atoms with Crippen LogP contribution in [0.15, 0.2) is 42.9 Å². The molecule has 1 fully saturated rings. The molecule has 168 valence electrons. The lowest BCUT2D eigenvalue weighted by molar-refractivity contribution is -0.119. The third kappa shape index (κ3) is 3.39. The molecule has 4 heterocycles. The average molecular weight is 490 g/mol. The highest BCUT2D eigenvalue weighted by molar-refractivity contribution is 8.09. The van der Waals surface area contributed by atoms with Crippen LogP contribution >= 0.6 is 23.4 Å². The number of carbonyl (C=O) groups excluding carboxylic acids is 2. The number of carbonyl (C=O) groups is 2. The molecule has 2 aliphatic heterocycles. The molecule has 0 N–H and O–H groups in total. The van der Waals surface area contributed by atoms with Gasteiger partial charge >= 0.3 is 6.03 Å². The molecule has 0 aliphatic carbocycles. The Morgan fingerprint density at radius 3 is 2.79 bits per heavy atom. The smallest absolute Gasteiger partial charge is 0.315 e. The summed E-state index contributed by atoms with van der Waals surface area (Å²) >= 11 is 7.35. The van der Waals surface area contributed by atoms with Crippen molar-refractivity contribution in [2.24, 2.45) is 7.05 Å². The number of aromatic nitrogens is 3. The maximum Gasteiger partial charge on any atom is 0.332 e. The van der Waals surface area contributed by atoms with Gasteiger partial charge in [-0.15, -0.1) is 11.8 Å². The van der Waals surface area contributed by atoms with Crippen molar-refractivity contribution in [3.8, 4) is 12.1 Å². The number of fused-ring (bicyclic) bond motifs is 2. The summed E-state index contributed by atoms with van der Waals surface area (Å²) in [5.74, 6) is -0.387. The third-order valence-electron chi connectivity index (χ3n) is 5.84. The predicted molar refractivity (Wildman–Crippen MR) is 128 cm³/mol. The first kappa shape index (κ1) is 22.0. The molecule has 34 heavy (non-hydrogen) atoms. The van der Waals surface area contributed by atoms with E-state index in [1.165, 1.54) is 22.9 Å². The van der Waals surface area contributed by atoms with Gasteiger partial charge in [0.2, 0.25) is 0 Å². The number of urea groups is 1. The number of pyridine rings is 1. The minimum absolute atomic E-state index is 0.114. The number of rotatable bonds is 4. The SMILES string of the molecule is Cn1ncc2cncc(N3C(=O)C4SC(c5ccc(Cl)cc5C#N)=CC4N(CCC#N)C3=O)c21. The summed E-state index contributed by atoms with van der Waals surface area (Å²) in [6, 6.07) is 8.14. The van der Waals surface area contributed by atoms with Crippen LogP contribution in [0, 0.1) is 22.7 Å². The lowest BCUT2D eigenvalue weighted by Gasteiger charge is -2.40. The van der Waals surface area contributed by atoms with Crippen LogP contribution in [0.3, 0.4) is 0 Å². The topological polar surface area (TPSA) is 119 Å². The standard InChI is InChI=1S/C23H16ClN7O2S/c1-29-20-14(11-28-29)10-27-12-18(20)31-22(32)21-17(30(23(31)33)6-2-5-25)8-19(34-21)16-4-3-15(24)7-13(16)9-26/h3-4,7-8,10-12,17,21H,2,6H2,1H3. The first-order chi connectivity index (χ1) is 16.4. The molecule has 9 nitrogen and oxygen atoms in total. The molecule has 1 aromatic carbocycles. The van der Waals surface area contributed by atoms with E-state index in [9.17, 15) is 20.1 Å². The maximum atomic E-state index is 13.7. The number of halogens is 1. The van der Waals surface area contributed by atoms with Gasteiger partial charge in [-0.25, -0.2) is 9.69 Å². The third-order valence-corrected chi connectivity index (χ3v) is 7.42. The molecule has 5 rings (SSSR count). The molecule has 2 aromatic heterocycles. The highest BCUT2D eigenvalue weighted by atomic mass is 35.5. The van der Waals surface area contributed by atoms with Crippen LogP contribution in [-0.4, -0.2) is 49.4 Å². The van der Waals surface area contributed by atoms with Crippen LogP contribution in [0.5, 0.6) is 0 Å². The first-order valence-electron chi connectivity index (χ1n) is 10.3. The number of nitrogens with zero attached hydrogens (tertiary/aromatic N) is 7. The molecule has 3 aromatic rings. The Bertz CT molecular complexity index is 1470. The van der Waals surface area contributed by atoms with Gasteiger partial charge in [-0.1, -0.05) is 17.7 Å². The molecular formula is C23H16ClN7O2S. The number of amides is 3. The van der Waals surface area contributed by atoms with Gasteiger partial charge in [0.15, 0.2) is 0 Å². The summed E-state index contributed by atoms with van der Waals surface area (Å²) in [7, 11) is 1.73. The molecule has 0 saturated carbocycles. The Kier molecular flexibility index (Phi) is 5.48. The molecule has 0 spiro atoms. The Morgan fingerprint density at radius 1 is 1.21 bits per heavy atom. The average Bonchev–Trinajstić information content (AvgIpc) is 3.44. The molecule has 3 amide bonds. The van der Waals surface area contributed by atoms with E-state index >= 15 is 0 Å². The minimum atomic E-state index is -0.642. The maximum absolute atomic E-state index is 13.7. The van der Waals surface area contributed by atoms with Gasteiger partial charge in [-0.05, 0) is 18.2 Å². The number of hydrogen-bond acceptors (Lipinski definition) is 7. The van der Waals surface area contributed by atoms with Gasteiger partial charge < -0.3 is 4.90 Å². The second-order valence-electron chi connectivity index (χ2n) is 7.78. The van der Waals surface area contributed by atoms with E-state index in [2.05, 4.69) is 22.2 Å². The van der Waals surface area contributed by atoms with Crippen LogP contribution in [-0.2, 0) is 11.8 Å².